The van der Waals surface area contributed by atoms with Crippen LogP contribution in [0.1, 0.15) is 42.7 Å². The molecular formula is C22H27N. The molecule has 2 unspecified atom stereocenters. The summed E-state index contributed by atoms with van der Waals surface area (Å²) in [4.78, 5) is 2.42. The molecule has 1 aliphatic carbocycles. The first-order valence-electron chi connectivity index (χ1n) is 8.74. The molecule has 2 aromatic rings. The molecule has 0 amide bonds. The molecule has 0 aromatic heterocycles. The molecule has 0 aliphatic heterocycles. The highest BCUT2D eigenvalue weighted by Crippen LogP contribution is 2.40. The minimum Gasteiger partial charge on any atom is -0.306 e. The average Bonchev–Trinajstić information content (AvgIpc) is 2.56. The first-order valence-corrected chi connectivity index (χ1v) is 8.74. The molecule has 23 heavy (non-hydrogen) atoms. The lowest BCUT2D eigenvalue weighted by Crippen LogP contribution is -2.35. The summed E-state index contributed by atoms with van der Waals surface area (Å²) >= 11 is 0. The van der Waals surface area contributed by atoms with Gasteiger partial charge in [-0.05, 0) is 50.1 Å². The Bertz CT molecular complexity index is 628. The van der Waals surface area contributed by atoms with Gasteiger partial charge in [0.15, 0.2) is 0 Å². The van der Waals surface area contributed by atoms with Gasteiger partial charge in [-0.1, -0.05) is 73.2 Å². The summed E-state index contributed by atoms with van der Waals surface area (Å²) < 4.78 is 0. The molecule has 1 aliphatic rings. The summed E-state index contributed by atoms with van der Waals surface area (Å²) in [5.74, 6) is 0.439. The fourth-order valence-corrected chi connectivity index (χ4v) is 3.80. The van der Waals surface area contributed by atoms with Crippen LogP contribution in [0, 0.1) is 0 Å². The van der Waals surface area contributed by atoms with Crippen LogP contribution < -0.4 is 0 Å². The minimum absolute atomic E-state index is 0.439. The highest BCUT2D eigenvalue weighted by atomic mass is 15.1. The maximum Gasteiger partial charge on any atom is 0.0248 e. The fourth-order valence-electron chi connectivity index (χ4n) is 3.80. The Morgan fingerprint density at radius 3 is 2.13 bits per heavy atom. The van der Waals surface area contributed by atoms with E-state index in [9.17, 15) is 0 Å². The van der Waals surface area contributed by atoms with Crippen molar-refractivity contribution in [2.75, 3.05) is 14.1 Å². The molecule has 0 saturated carbocycles. The lowest BCUT2D eigenvalue weighted by molar-refractivity contribution is 0.254. The predicted octanol–water partition coefficient (Wildman–Crippen LogP) is 5.36. The van der Waals surface area contributed by atoms with Gasteiger partial charge in [0.05, 0.1) is 0 Å². The van der Waals surface area contributed by atoms with Crippen molar-refractivity contribution in [2.45, 2.75) is 37.6 Å². The number of nitrogens with zero attached hydrogens (tertiary/aromatic N) is 1. The number of benzene rings is 2. The Kier molecular flexibility index (Phi) is 5.30. The first kappa shape index (κ1) is 16.0. The number of hydrogen-bond acceptors (Lipinski definition) is 1. The summed E-state index contributed by atoms with van der Waals surface area (Å²) in [6, 6.07) is 22.5. The van der Waals surface area contributed by atoms with Crippen molar-refractivity contribution in [1.82, 2.24) is 4.90 Å². The van der Waals surface area contributed by atoms with Gasteiger partial charge in [-0.15, -0.1) is 0 Å². The highest BCUT2D eigenvalue weighted by Gasteiger charge is 2.29. The van der Waals surface area contributed by atoms with Crippen LogP contribution in [0.2, 0.25) is 0 Å². The third-order valence-electron chi connectivity index (χ3n) is 4.97. The molecule has 2 atom stereocenters. The van der Waals surface area contributed by atoms with Crippen LogP contribution in [0.4, 0.5) is 0 Å². The van der Waals surface area contributed by atoms with Gasteiger partial charge in [0, 0.05) is 12.0 Å². The van der Waals surface area contributed by atoms with Crippen molar-refractivity contribution in [2.24, 2.45) is 0 Å². The maximum atomic E-state index is 2.49. The summed E-state index contributed by atoms with van der Waals surface area (Å²) in [5.41, 5.74) is 4.30. The van der Waals surface area contributed by atoms with Gasteiger partial charge in [-0.25, -0.2) is 0 Å². The topological polar surface area (TPSA) is 3.24 Å². The van der Waals surface area contributed by atoms with Crippen LogP contribution in [-0.4, -0.2) is 25.0 Å². The van der Waals surface area contributed by atoms with E-state index in [0.717, 1.165) is 0 Å². The van der Waals surface area contributed by atoms with E-state index in [1.807, 2.05) is 0 Å². The van der Waals surface area contributed by atoms with Gasteiger partial charge >= 0.3 is 0 Å². The zero-order valence-electron chi connectivity index (χ0n) is 14.3. The predicted molar refractivity (Wildman–Crippen MR) is 99.5 cm³/mol. The molecule has 1 nitrogen and oxygen atoms in total. The van der Waals surface area contributed by atoms with Crippen LogP contribution in [0.5, 0.6) is 0 Å². The van der Waals surface area contributed by atoms with E-state index in [1.165, 1.54) is 42.4 Å². The second kappa shape index (κ2) is 7.61. The SMILES string of the molecule is CN(C)C1CCCCC=C(c2ccccc2)C1c1ccccc1. The van der Waals surface area contributed by atoms with Gasteiger partial charge in [0.2, 0.25) is 0 Å². The highest BCUT2D eigenvalue weighted by molar-refractivity contribution is 5.72. The van der Waals surface area contributed by atoms with Crippen molar-refractivity contribution in [3.05, 3.63) is 77.9 Å². The normalized spacial score (nSPS) is 22.3. The molecule has 0 radical (unpaired) electrons. The van der Waals surface area contributed by atoms with Gasteiger partial charge < -0.3 is 4.90 Å². The third-order valence-corrected chi connectivity index (χ3v) is 4.97. The summed E-state index contributed by atoms with van der Waals surface area (Å²) in [6.07, 6.45) is 7.54. The Morgan fingerprint density at radius 2 is 1.48 bits per heavy atom. The van der Waals surface area contributed by atoms with E-state index in [0.29, 0.717) is 12.0 Å². The van der Waals surface area contributed by atoms with Crippen LogP contribution in [0.25, 0.3) is 5.57 Å². The second-order valence-electron chi connectivity index (χ2n) is 6.73. The molecule has 0 heterocycles. The number of rotatable bonds is 3. The third kappa shape index (κ3) is 3.73. The first-order chi connectivity index (χ1) is 11.3. The smallest absolute Gasteiger partial charge is 0.0248 e. The Morgan fingerprint density at radius 1 is 0.826 bits per heavy atom. The standard InChI is InChI=1S/C22H27N/c1-23(2)21-17-11-5-10-16-20(18-12-6-3-7-13-18)22(21)19-14-8-4-9-15-19/h3-4,6-9,12-16,21-22H,5,10-11,17H2,1-2H3. The molecule has 0 bridgehead atoms. The van der Waals surface area contributed by atoms with E-state index in [4.69, 9.17) is 0 Å². The zero-order valence-corrected chi connectivity index (χ0v) is 14.3. The summed E-state index contributed by atoms with van der Waals surface area (Å²) in [5, 5.41) is 0. The number of allylic oxidation sites excluding steroid dienone is 1. The van der Waals surface area contributed by atoms with Crippen molar-refractivity contribution >= 4 is 5.57 Å². The van der Waals surface area contributed by atoms with E-state index < -0.39 is 0 Å². The quantitative estimate of drug-likeness (QED) is 0.738. The maximum absolute atomic E-state index is 2.49. The molecular weight excluding hydrogens is 278 g/mol. The molecule has 120 valence electrons. The van der Waals surface area contributed by atoms with Gasteiger partial charge in [-0.3, -0.25) is 0 Å². The number of hydrogen-bond donors (Lipinski definition) is 0. The van der Waals surface area contributed by atoms with E-state index in [1.54, 1.807) is 0 Å². The van der Waals surface area contributed by atoms with Gasteiger partial charge in [0.25, 0.3) is 0 Å². The van der Waals surface area contributed by atoms with Gasteiger partial charge in [-0.2, -0.15) is 0 Å². The van der Waals surface area contributed by atoms with Gasteiger partial charge in [0.1, 0.15) is 0 Å². The average molecular weight is 305 g/mol. The molecule has 0 fully saturated rings. The van der Waals surface area contributed by atoms with Crippen molar-refractivity contribution in [1.29, 1.82) is 0 Å². The molecule has 3 rings (SSSR count). The van der Waals surface area contributed by atoms with E-state index >= 15 is 0 Å². The molecule has 1 heteroatoms. The summed E-state index contributed by atoms with van der Waals surface area (Å²) in [6.45, 7) is 0. The molecule has 0 N–H and O–H groups in total. The fraction of sp³-hybridized carbons (Fsp3) is 0.364. The number of likely N-dealkylation sites (N-methyl/N-ethyl adjacent to an activating group) is 1. The minimum atomic E-state index is 0.439. The Balaban J connectivity index is 2.11. The molecule has 0 saturated heterocycles. The lowest BCUT2D eigenvalue weighted by Gasteiger charge is -2.36. The summed E-state index contributed by atoms with van der Waals surface area (Å²) in [7, 11) is 4.45. The molecule has 2 aromatic carbocycles. The van der Waals surface area contributed by atoms with Crippen LogP contribution in [0.15, 0.2) is 66.7 Å². The Hall–Kier alpha value is -1.86. The van der Waals surface area contributed by atoms with Crippen molar-refractivity contribution < 1.29 is 0 Å². The van der Waals surface area contributed by atoms with E-state index in [2.05, 4.69) is 85.7 Å². The van der Waals surface area contributed by atoms with Crippen molar-refractivity contribution in [3.8, 4) is 0 Å². The molecule has 0 spiro atoms. The largest absolute Gasteiger partial charge is 0.306 e. The van der Waals surface area contributed by atoms with E-state index in [-0.39, 0.29) is 0 Å². The van der Waals surface area contributed by atoms with Crippen molar-refractivity contribution in [3.63, 3.8) is 0 Å². The lowest BCUT2D eigenvalue weighted by atomic mass is 9.77. The van der Waals surface area contributed by atoms with Crippen LogP contribution in [0.3, 0.4) is 0 Å². The Labute approximate surface area is 140 Å². The van der Waals surface area contributed by atoms with Crippen LogP contribution in [-0.2, 0) is 0 Å². The van der Waals surface area contributed by atoms with Crippen LogP contribution >= 0.6 is 0 Å². The second-order valence-corrected chi connectivity index (χ2v) is 6.73. The zero-order chi connectivity index (χ0) is 16.1. The monoisotopic (exact) mass is 305 g/mol.